The summed E-state index contributed by atoms with van der Waals surface area (Å²) in [5.74, 6) is 1.18. The highest BCUT2D eigenvalue weighted by molar-refractivity contribution is 5.35. The maximum atomic E-state index is 15.9. The molecule has 212 valence electrons. The number of hydrogen-bond donors (Lipinski definition) is 3. The van der Waals surface area contributed by atoms with Crippen molar-refractivity contribution >= 4 is 0 Å². The van der Waals surface area contributed by atoms with E-state index in [0.29, 0.717) is 36.0 Å². The average Bonchev–Trinajstić information content (AvgIpc) is 3.24. The zero-order chi connectivity index (χ0) is 27.4. The van der Waals surface area contributed by atoms with E-state index < -0.39 is 18.3 Å². The molecule has 6 heteroatoms. The van der Waals surface area contributed by atoms with Crippen LogP contribution in [0.15, 0.2) is 29.6 Å². The number of ether oxygens (including phenoxy) is 1. The van der Waals surface area contributed by atoms with Gasteiger partial charge < -0.3 is 20.1 Å². The Bertz CT molecular complexity index is 1060. The van der Waals surface area contributed by atoms with Crippen molar-refractivity contribution in [2.24, 2.45) is 40.4 Å². The van der Waals surface area contributed by atoms with Crippen molar-refractivity contribution in [1.82, 2.24) is 0 Å². The zero-order valence-electron chi connectivity index (χ0n) is 23.4. The van der Waals surface area contributed by atoms with Crippen molar-refractivity contribution in [3.63, 3.8) is 0 Å². The first-order chi connectivity index (χ1) is 18.0. The molecule has 0 unspecified atom stereocenters. The first-order valence-corrected chi connectivity index (χ1v) is 14.8. The van der Waals surface area contributed by atoms with E-state index in [4.69, 9.17) is 4.74 Å². The Hall–Kier alpha value is -1.50. The second-order valence-corrected chi connectivity index (χ2v) is 13.4. The minimum absolute atomic E-state index is 0.00813. The molecule has 0 radical (unpaired) electrons. The number of allylic oxidation sites excluding steroid dienone is 2. The second kappa shape index (κ2) is 10.5. The van der Waals surface area contributed by atoms with Gasteiger partial charge in [-0.3, -0.25) is 0 Å². The van der Waals surface area contributed by atoms with Gasteiger partial charge in [-0.15, -0.1) is 0 Å². The van der Waals surface area contributed by atoms with Crippen LogP contribution in [0.3, 0.4) is 0 Å². The summed E-state index contributed by atoms with van der Waals surface area (Å²) in [6.07, 6.45) is 6.02. The van der Waals surface area contributed by atoms with Crippen LogP contribution in [0.25, 0.3) is 0 Å². The summed E-state index contributed by atoms with van der Waals surface area (Å²) in [4.78, 5) is 0. The highest BCUT2D eigenvalue weighted by Crippen LogP contribution is 2.68. The highest BCUT2D eigenvalue weighted by Gasteiger charge is 2.61. The van der Waals surface area contributed by atoms with Gasteiger partial charge in [-0.2, -0.15) is 0 Å². The second-order valence-electron chi connectivity index (χ2n) is 13.4. The molecule has 0 heterocycles. The Morgan fingerprint density at radius 2 is 1.71 bits per heavy atom. The topological polar surface area (TPSA) is 69.9 Å². The molecule has 0 bridgehead atoms. The van der Waals surface area contributed by atoms with Crippen LogP contribution in [-0.4, -0.2) is 34.6 Å². The van der Waals surface area contributed by atoms with Crippen LogP contribution in [0.4, 0.5) is 8.78 Å². The molecule has 3 fully saturated rings. The largest absolute Gasteiger partial charge is 0.496 e. The minimum atomic E-state index is -0.837. The molecule has 0 spiro atoms. The highest BCUT2D eigenvalue weighted by atomic mass is 19.1. The standard InChI is InChI=1S/C32H46F2O4/c1-18(6-5-7-26(35)20-9-8-19(33)16-28(20)38-4)21-10-11-22-29-23(12-14-31(21,22)2)32(3)15-13-27(36)30(37)24(32)17-25(29)34/h8-9,16,18,21-24,26-27,30,35-37H,5-7,10-15,17H2,1-4H3/t18-,21-,22+,23+,24+,26-,27+,30-,31-,32-/m1/s1. The fourth-order valence-electron chi connectivity index (χ4n) is 9.51. The number of halogens is 2. The molecule has 0 aromatic heterocycles. The number of methoxy groups -OCH3 is 1. The molecule has 1 aromatic carbocycles. The van der Waals surface area contributed by atoms with Crippen LogP contribution in [0.5, 0.6) is 5.75 Å². The molecular formula is C32H46F2O4. The summed E-state index contributed by atoms with van der Waals surface area (Å²) in [5, 5.41) is 31.8. The third-order valence-electron chi connectivity index (χ3n) is 11.7. The van der Waals surface area contributed by atoms with Gasteiger partial charge in [0.05, 0.1) is 25.4 Å². The molecular weight excluding hydrogens is 486 g/mol. The maximum Gasteiger partial charge on any atom is 0.127 e. The molecule has 10 atom stereocenters. The Morgan fingerprint density at radius 3 is 2.45 bits per heavy atom. The molecule has 3 saturated carbocycles. The maximum absolute atomic E-state index is 15.9. The van der Waals surface area contributed by atoms with E-state index in [-0.39, 0.29) is 46.6 Å². The van der Waals surface area contributed by atoms with Crippen molar-refractivity contribution in [3.8, 4) is 5.75 Å². The van der Waals surface area contributed by atoms with Gasteiger partial charge >= 0.3 is 0 Å². The number of hydrogen-bond acceptors (Lipinski definition) is 4. The normalized spacial score (nSPS) is 40.2. The third-order valence-corrected chi connectivity index (χ3v) is 11.7. The van der Waals surface area contributed by atoms with Crippen molar-refractivity contribution in [2.75, 3.05) is 7.11 Å². The molecule has 0 amide bonds. The Kier molecular flexibility index (Phi) is 7.73. The van der Waals surface area contributed by atoms with Crippen LogP contribution >= 0.6 is 0 Å². The molecule has 38 heavy (non-hydrogen) atoms. The van der Waals surface area contributed by atoms with E-state index >= 15 is 4.39 Å². The Morgan fingerprint density at radius 1 is 1.00 bits per heavy atom. The summed E-state index contributed by atoms with van der Waals surface area (Å²) >= 11 is 0. The van der Waals surface area contributed by atoms with Crippen molar-refractivity contribution in [3.05, 3.63) is 41.0 Å². The minimum Gasteiger partial charge on any atom is -0.496 e. The molecule has 0 aliphatic heterocycles. The smallest absolute Gasteiger partial charge is 0.127 e. The van der Waals surface area contributed by atoms with Crippen molar-refractivity contribution in [1.29, 1.82) is 0 Å². The first-order valence-electron chi connectivity index (χ1n) is 14.8. The lowest BCUT2D eigenvalue weighted by molar-refractivity contribution is -0.128. The predicted molar refractivity (Wildman–Crippen MR) is 144 cm³/mol. The van der Waals surface area contributed by atoms with Gasteiger partial charge in [0.25, 0.3) is 0 Å². The summed E-state index contributed by atoms with van der Waals surface area (Å²) in [6, 6.07) is 4.28. The van der Waals surface area contributed by atoms with Gasteiger partial charge in [0.15, 0.2) is 0 Å². The van der Waals surface area contributed by atoms with E-state index in [0.717, 1.165) is 50.5 Å². The van der Waals surface area contributed by atoms with Gasteiger partial charge in [-0.1, -0.05) is 33.6 Å². The van der Waals surface area contributed by atoms with Gasteiger partial charge in [0.1, 0.15) is 17.4 Å². The van der Waals surface area contributed by atoms with Crippen molar-refractivity contribution < 1.29 is 28.8 Å². The number of aliphatic hydroxyl groups is 3. The lowest BCUT2D eigenvalue weighted by Crippen LogP contribution is -2.55. The lowest BCUT2D eigenvalue weighted by atomic mass is 9.47. The number of rotatable bonds is 7. The zero-order valence-corrected chi connectivity index (χ0v) is 23.4. The van der Waals surface area contributed by atoms with Crippen LogP contribution in [0.1, 0.15) is 96.6 Å². The van der Waals surface area contributed by atoms with Gasteiger partial charge in [0.2, 0.25) is 0 Å². The van der Waals surface area contributed by atoms with Gasteiger partial charge in [0, 0.05) is 18.1 Å². The lowest BCUT2D eigenvalue weighted by Gasteiger charge is -2.59. The van der Waals surface area contributed by atoms with E-state index in [1.54, 1.807) is 6.07 Å². The van der Waals surface area contributed by atoms with Crippen molar-refractivity contribution in [2.45, 2.75) is 103 Å². The van der Waals surface area contributed by atoms with E-state index in [1.807, 2.05) is 0 Å². The van der Waals surface area contributed by atoms with Gasteiger partial charge in [-0.25, -0.2) is 8.78 Å². The van der Waals surface area contributed by atoms with Crippen LogP contribution in [-0.2, 0) is 0 Å². The fourth-order valence-corrected chi connectivity index (χ4v) is 9.51. The SMILES string of the molecule is COc1cc(F)ccc1[C@H](O)CCC[C@@H](C)[C@H]1CC[C@H]2C3=C(F)C[C@H]4[C@@H](O)[C@@H](O)CC[C@]4(C)[C@H]3CC[C@]12C. The summed E-state index contributed by atoms with van der Waals surface area (Å²) in [7, 11) is 1.49. The summed E-state index contributed by atoms with van der Waals surface area (Å²) in [5.41, 5.74) is 1.60. The number of aliphatic hydroxyl groups excluding tert-OH is 3. The first kappa shape index (κ1) is 28.0. The molecule has 4 aliphatic carbocycles. The molecule has 0 saturated heterocycles. The van der Waals surface area contributed by atoms with E-state index in [9.17, 15) is 19.7 Å². The van der Waals surface area contributed by atoms with Crippen LogP contribution in [0.2, 0.25) is 0 Å². The predicted octanol–water partition coefficient (Wildman–Crippen LogP) is 6.88. The quantitative estimate of drug-likeness (QED) is 0.358. The monoisotopic (exact) mass is 532 g/mol. The molecule has 5 rings (SSSR count). The Labute approximate surface area is 226 Å². The average molecular weight is 533 g/mol. The third kappa shape index (κ3) is 4.53. The van der Waals surface area contributed by atoms with E-state index in [2.05, 4.69) is 20.8 Å². The molecule has 3 N–H and O–H groups in total. The van der Waals surface area contributed by atoms with E-state index in [1.165, 1.54) is 19.2 Å². The molecule has 1 aromatic rings. The van der Waals surface area contributed by atoms with Crippen LogP contribution < -0.4 is 4.74 Å². The molecule has 4 aliphatic rings. The number of benzene rings is 1. The van der Waals surface area contributed by atoms with Gasteiger partial charge in [-0.05, 0) is 103 Å². The fraction of sp³-hybridized carbons (Fsp3) is 0.750. The Balaban J connectivity index is 1.26. The summed E-state index contributed by atoms with van der Waals surface area (Å²) in [6.45, 7) is 6.94. The van der Waals surface area contributed by atoms with Crippen LogP contribution in [0, 0.1) is 46.2 Å². The number of fused-ring (bicyclic) bond motifs is 5. The summed E-state index contributed by atoms with van der Waals surface area (Å²) < 4.78 is 34.7. The molecule has 4 nitrogen and oxygen atoms in total.